The summed E-state index contributed by atoms with van der Waals surface area (Å²) in [5.74, 6) is 0.776. The van der Waals surface area contributed by atoms with E-state index in [0.29, 0.717) is 23.9 Å². The number of benzene rings is 1. The molecule has 1 aromatic heterocycles. The van der Waals surface area contributed by atoms with Crippen LogP contribution in [0.3, 0.4) is 0 Å². The van der Waals surface area contributed by atoms with E-state index in [-0.39, 0.29) is 16.9 Å². The number of rotatable bonds is 6. The molecule has 0 radical (unpaired) electrons. The van der Waals surface area contributed by atoms with Crippen LogP contribution in [0.15, 0.2) is 18.3 Å². The maximum Gasteiger partial charge on any atom is 0.263 e. The summed E-state index contributed by atoms with van der Waals surface area (Å²) in [4.78, 5) is 11.4. The summed E-state index contributed by atoms with van der Waals surface area (Å²) in [6, 6.07) is 3.50. The van der Waals surface area contributed by atoms with Gasteiger partial charge < -0.3 is 10.6 Å². The van der Waals surface area contributed by atoms with E-state index in [9.17, 15) is 13.2 Å². The number of nitrogens with one attached hydrogen (secondary N) is 2. The molecular weight excluding hydrogens is 427 g/mol. The van der Waals surface area contributed by atoms with Crippen LogP contribution in [0, 0.1) is 5.41 Å². The first kappa shape index (κ1) is 22.8. The molecule has 3 fully saturated rings. The van der Waals surface area contributed by atoms with Crippen LogP contribution in [0.4, 0.5) is 19.1 Å². The molecule has 0 amide bonds. The molecule has 3 heterocycles. The normalized spacial score (nSPS) is 26.9. The van der Waals surface area contributed by atoms with Gasteiger partial charge in [0, 0.05) is 36.3 Å². The average molecular weight is 462 g/mol. The molecule has 2 aliphatic heterocycles. The quantitative estimate of drug-likeness (QED) is 0.631. The van der Waals surface area contributed by atoms with Crippen molar-refractivity contribution in [2.45, 2.75) is 70.0 Å². The van der Waals surface area contributed by atoms with Gasteiger partial charge in [-0.3, -0.25) is 4.90 Å². The summed E-state index contributed by atoms with van der Waals surface area (Å²) in [7, 11) is 0. The first-order chi connectivity index (χ1) is 15.7. The Morgan fingerprint density at radius 3 is 2.70 bits per heavy atom. The lowest BCUT2D eigenvalue weighted by molar-refractivity contribution is 0.0875. The van der Waals surface area contributed by atoms with Gasteiger partial charge in [0.2, 0.25) is 5.95 Å². The Morgan fingerprint density at radius 1 is 1.24 bits per heavy atom. The van der Waals surface area contributed by atoms with E-state index >= 15 is 0 Å². The number of halogens is 3. The molecule has 0 unspecified atom stereocenters. The highest BCUT2D eigenvalue weighted by atomic mass is 19.3. The number of piperidine rings is 1. The molecule has 2 N–H and O–H groups in total. The van der Waals surface area contributed by atoms with E-state index in [1.807, 2.05) is 0 Å². The summed E-state index contributed by atoms with van der Waals surface area (Å²) in [5, 5.41) is 7.46. The second kappa shape index (κ2) is 8.69. The minimum absolute atomic E-state index is 0.0355. The molecule has 3 aliphatic rings. The Hall–Kier alpha value is -1.93. The lowest BCUT2D eigenvalue weighted by Gasteiger charge is -2.46. The largest absolute Gasteiger partial charge is 0.351 e. The predicted octanol–water partition coefficient (Wildman–Crippen LogP) is 5.05. The van der Waals surface area contributed by atoms with Crippen LogP contribution in [0.2, 0.25) is 0 Å². The summed E-state index contributed by atoms with van der Waals surface area (Å²) in [6.45, 7) is 7.43. The van der Waals surface area contributed by atoms with Gasteiger partial charge in [-0.2, -0.15) is 0 Å². The maximum atomic E-state index is 14.1. The molecule has 0 atom stereocenters. The average Bonchev–Trinajstić information content (AvgIpc) is 3.15. The Bertz CT molecular complexity index is 993. The fraction of sp³-hybridized carbons (Fsp3) is 0.680. The number of aromatic nitrogens is 2. The van der Waals surface area contributed by atoms with Crippen molar-refractivity contribution in [1.82, 2.24) is 20.2 Å². The molecular formula is C25H34F3N5. The fourth-order valence-corrected chi connectivity index (χ4v) is 6.09. The first-order valence-corrected chi connectivity index (χ1v) is 12.2. The number of fused-ring (bicyclic) bond motifs is 1. The van der Waals surface area contributed by atoms with Gasteiger partial charge in [-0.25, -0.2) is 23.1 Å². The molecule has 2 saturated heterocycles. The number of alkyl halides is 3. The molecule has 2 aromatic rings. The third kappa shape index (κ3) is 4.97. The van der Waals surface area contributed by atoms with Crippen molar-refractivity contribution in [3.8, 4) is 0 Å². The van der Waals surface area contributed by atoms with Gasteiger partial charge in [0.1, 0.15) is 5.67 Å². The van der Waals surface area contributed by atoms with Crippen molar-refractivity contribution in [2.24, 2.45) is 5.41 Å². The van der Waals surface area contributed by atoms with Gasteiger partial charge >= 0.3 is 0 Å². The summed E-state index contributed by atoms with van der Waals surface area (Å²) < 4.78 is 41.4. The summed E-state index contributed by atoms with van der Waals surface area (Å²) >= 11 is 0. The minimum atomic E-state index is -2.52. The highest BCUT2D eigenvalue weighted by Crippen LogP contribution is 2.57. The molecule has 1 spiro atoms. The Labute approximate surface area is 193 Å². The van der Waals surface area contributed by atoms with Gasteiger partial charge in [-0.1, -0.05) is 0 Å². The van der Waals surface area contributed by atoms with E-state index in [1.165, 1.54) is 6.07 Å². The van der Waals surface area contributed by atoms with E-state index in [0.717, 1.165) is 69.4 Å². The third-order valence-electron chi connectivity index (χ3n) is 7.57. The maximum absolute atomic E-state index is 14.1. The zero-order valence-electron chi connectivity index (χ0n) is 19.5. The molecule has 33 heavy (non-hydrogen) atoms. The van der Waals surface area contributed by atoms with Crippen molar-refractivity contribution < 1.29 is 13.2 Å². The standard InChI is InChI=1S/C25H34F3N5/c1-24(2,28)14-33-8-5-25(15-33)11-18(12-25)20-10-16(22(26)27)9-17-13-30-23(32-21(17)20)31-19-3-6-29-7-4-19/h9-10,13,18-19,22,29H,3-8,11-12,14-15H2,1-2H3,(H,30,31,32). The van der Waals surface area contributed by atoms with Crippen molar-refractivity contribution >= 4 is 16.9 Å². The molecule has 1 saturated carbocycles. The van der Waals surface area contributed by atoms with E-state index in [4.69, 9.17) is 4.98 Å². The predicted molar refractivity (Wildman–Crippen MR) is 125 cm³/mol. The monoisotopic (exact) mass is 461 g/mol. The van der Waals surface area contributed by atoms with Gasteiger partial charge in [0.15, 0.2) is 0 Å². The van der Waals surface area contributed by atoms with Gasteiger partial charge in [-0.05, 0) is 94.6 Å². The number of nitrogens with zero attached hydrogens (tertiary/aromatic N) is 3. The molecule has 5 nitrogen and oxygen atoms in total. The lowest BCUT2D eigenvalue weighted by atomic mass is 9.59. The molecule has 1 aliphatic carbocycles. The zero-order valence-corrected chi connectivity index (χ0v) is 19.5. The van der Waals surface area contributed by atoms with Crippen molar-refractivity contribution in [3.63, 3.8) is 0 Å². The van der Waals surface area contributed by atoms with Crippen molar-refractivity contribution in [3.05, 3.63) is 29.5 Å². The Morgan fingerprint density at radius 2 is 2.00 bits per heavy atom. The molecule has 8 heteroatoms. The number of likely N-dealkylation sites (tertiary alicyclic amines) is 1. The lowest BCUT2D eigenvalue weighted by Crippen LogP contribution is -2.41. The fourth-order valence-electron chi connectivity index (χ4n) is 6.09. The number of hydrogen-bond donors (Lipinski definition) is 2. The van der Waals surface area contributed by atoms with Crippen molar-refractivity contribution in [1.29, 1.82) is 0 Å². The van der Waals surface area contributed by atoms with Crippen molar-refractivity contribution in [2.75, 3.05) is 38.0 Å². The number of hydrogen-bond acceptors (Lipinski definition) is 5. The van der Waals surface area contributed by atoms with Gasteiger partial charge in [-0.15, -0.1) is 0 Å². The van der Waals surface area contributed by atoms with Gasteiger partial charge in [0.25, 0.3) is 6.43 Å². The first-order valence-electron chi connectivity index (χ1n) is 12.2. The number of anilines is 1. The van der Waals surface area contributed by atoms with E-state index in [2.05, 4.69) is 20.5 Å². The molecule has 5 rings (SSSR count). The van der Waals surface area contributed by atoms with Crippen LogP contribution in [0.5, 0.6) is 0 Å². The van der Waals surface area contributed by atoms with Crippen LogP contribution in [0.25, 0.3) is 10.9 Å². The zero-order chi connectivity index (χ0) is 23.2. The van der Waals surface area contributed by atoms with Crippen LogP contribution in [-0.4, -0.2) is 59.3 Å². The molecule has 180 valence electrons. The summed E-state index contributed by atoms with van der Waals surface area (Å²) in [5.41, 5.74) is 0.699. The van der Waals surface area contributed by atoms with Crippen LogP contribution in [-0.2, 0) is 0 Å². The van der Waals surface area contributed by atoms with E-state index in [1.54, 1.807) is 26.1 Å². The third-order valence-corrected chi connectivity index (χ3v) is 7.57. The topological polar surface area (TPSA) is 53.1 Å². The second-order valence-corrected chi connectivity index (χ2v) is 11.0. The molecule has 1 aromatic carbocycles. The van der Waals surface area contributed by atoms with Gasteiger partial charge in [0.05, 0.1) is 5.52 Å². The Balaban J connectivity index is 1.38. The second-order valence-electron chi connectivity index (χ2n) is 11.0. The van der Waals surface area contributed by atoms with Crippen LogP contribution >= 0.6 is 0 Å². The van der Waals surface area contributed by atoms with E-state index < -0.39 is 12.1 Å². The molecule has 0 bridgehead atoms. The highest BCUT2D eigenvalue weighted by Gasteiger charge is 2.49. The highest BCUT2D eigenvalue weighted by molar-refractivity contribution is 5.83. The Kier molecular flexibility index (Phi) is 6.02. The smallest absolute Gasteiger partial charge is 0.263 e. The van der Waals surface area contributed by atoms with Crippen LogP contribution < -0.4 is 10.6 Å². The van der Waals surface area contributed by atoms with Crippen LogP contribution in [0.1, 0.15) is 69.4 Å². The minimum Gasteiger partial charge on any atom is -0.351 e. The SMILES string of the molecule is CC(C)(F)CN1CCC2(CC(c3cc(C(F)F)cc4cnc(NC5CCNCC5)nc34)C2)C1. The summed E-state index contributed by atoms with van der Waals surface area (Å²) in [6.07, 6.45) is 4.10.